The van der Waals surface area contributed by atoms with Crippen LogP contribution in [-0.2, 0) is 9.59 Å². The fourth-order valence-electron chi connectivity index (χ4n) is 3.03. The minimum atomic E-state index is -0.673. The Morgan fingerprint density at radius 3 is 0.731 bits per heavy atom. The lowest BCUT2D eigenvalue weighted by Gasteiger charge is -2.03. The van der Waals surface area contributed by atoms with E-state index in [1.807, 2.05) is 0 Å². The van der Waals surface area contributed by atoms with Crippen LogP contribution in [0.3, 0.4) is 0 Å². The van der Waals surface area contributed by atoms with Crippen LogP contribution >= 0.6 is 0 Å². The van der Waals surface area contributed by atoms with E-state index in [0.717, 1.165) is 25.7 Å². The molecular weight excluding hydrogens is 328 g/mol. The number of hydrogen-bond donors (Lipinski definition) is 2. The second-order valence-corrected chi connectivity index (χ2v) is 6.94. The van der Waals surface area contributed by atoms with Crippen LogP contribution in [0.4, 0.5) is 0 Å². The molecule has 0 saturated heterocycles. The largest absolute Gasteiger partial charge is 0.481 e. The summed E-state index contributed by atoms with van der Waals surface area (Å²) in [5, 5.41) is 17.1. The normalized spacial score (nSPS) is 10.2. The maximum absolute atomic E-state index is 10.4. The number of carboxylic acid groups (broad SMARTS) is 2. The maximum atomic E-state index is 10.4. The number of carboxylic acids is 2. The quantitative estimate of drug-likeness (QED) is 0.190. The first-order valence-electron chi connectivity index (χ1n) is 10.6. The summed E-state index contributed by atoms with van der Waals surface area (Å²) in [4.78, 5) is 20.7. The summed E-state index contributed by atoms with van der Waals surface area (Å²) >= 11 is 0. The SMILES string of the molecule is C=C.O=C(O)CCCCCCCCCCCCCCCCCCC(=O)O. The van der Waals surface area contributed by atoms with Gasteiger partial charge in [-0.05, 0) is 12.8 Å². The van der Waals surface area contributed by atoms with E-state index in [1.54, 1.807) is 0 Å². The molecule has 4 heteroatoms. The summed E-state index contributed by atoms with van der Waals surface area (Å²) in [6.07, 6.45) is 19.9. The molecule has 0 bridgehead atoms. The van der Waals surface area contributed by atoms with Crippen molar-refractivity contribution in [1.29, 1.82) is 0 Å². The lowest BCUT2D eigenvalue weighted by atomic mass is 10.0. The zero-order chi connectivity index (χ0) is 19.9. The van der Waals surface area contributed by atoms with Gasteiger partial charge in [0.05, 0.1) is 0 Å². The summed E-state index contributed by atoms with van der Waals surface area (Å²) < 4.78 is 0. The van der Waals surface area contributed by atoms with Gasteiger partial charge < -0.3 is 10.2 Å². The van der Waals surface area contributed by atoms with Crippen molar-refractivity contribution in [3.8, 4) is 0 Å². The summed E-state index contributed by atoms with van der Waals surface area (Å²) in [5.74, 6) is -1.35. The van der Waals surface area contributed by atoms with E-state index in [-0.39, 0.29) is 0 Å². The van der Waals surface area contributed by atoms with E-state index in [1.165, 1.54) is 77.0 Å². The highest BCUT2D eigenvalue weighted by Gasteiger charge is 1.98. The van der Waals surface area contributed by atoms with E-state index in [4.69, 9.17) is 10.2 Å². The Morgan fingerprint density at radius 1 is 0.423 bits per heavy atom. The van der Waals surface area contributed by atoms with E-state index < -0.39 is 11.9 Å². The van der Waals surface area contributed by atoms with Crippen molar-refractivity contribution in [2.75, 3.05) is 0 Å². The van der Waals surface area contributed by atoms with Crippen molar-refractivity contribution in [1.82, 2.24) is 0 Å². The standard InChI is InChI=1S/C20H38O4.C2H4/c21-19(22)17-15-13-11-9-7-5-3-1-2-4-6-8-10-12-14-16-18-20(23)24;1-2/h1-18H2,(H,21,22)(H,23,24);1-2H2. The Labute approximate surface area is 161 Å². The van der Waals surface area contributed by atoms with Crippen LogP contribution in [0.2, 0.25) is 0 Å². The minimum Gasteiger partial charge on any atom is -0.481 e. The molecule has 0 saturated carbocycles. The maximum Gasteiger partial charge on any atom is 0.303 e. The fourth-order valence-corrected chi connectivity index (χ4v) is 3.03. The van der Waals surface area contributed by atoms with Gasteiger partial charge in [0.2, 0.25) is 0 Å². The molecule has 0 fully saturated rings. The molecule has 2 N–H and O–H groups in total. The lowest BCUT2D eigenvalue weighted by Crippen LogP contribution is -1.93. The smallest absolute Gasteiger partial charge is 0.303 e. The molecule has 0 heterocycles. The second-order valence-electron chi connectivity index (χ2n) is 6.94. The average Bonchev–Trinajstić information content (AvgIpc) is 2.62. The zero-order valence-corrected chi connectivity index (χ0v) is 16.9. The predicted molar refractivity (Wildman–Crippen MR) is 110 cm³/mol. The molecule has 4 nitrogen and oxygen atoms in total. The van der Waals surface area contributed by atoms with E-state index in [0.29, 0.717) is 12.8 Å². The molecular formula is C22H42O4. The number of aliphatic carboxylic acids is 2. The molecule has 0 aromatic carbocycles. The third kappa shape index (κ3) is 27.5. The van der Waals surface area contributed by atoms with Crippen LogP contribution in [-0.4, -0.2) is 22.2 Å². The first kappa shape index (κ1) is 26.9. The van der Waals surface area contributed by atoms with Gasteiger partial charge in [0.15, 0.2) is 0 Å². The lowest BCUT2D eigenvalue weighted by molar-refractivity contribution is -0.138. The highest BCUT2D eigenvalue weighted by molar-refractivity contribution is 5.66. The van der Waals surface area contributed by atoms with Crippen LogP contribution in [0.5, 0.6) is 0 Å². The Hall–Kier alpha value is -1.32. The summed E-state index contributed by atoms with van der Waals surface area (Å²) in [6.45, 7) is 6.00. The fraction of sp³-hybridized carbons (Fsp3) is 0.818. The number of hydrogen-bond acceptors (Lipinski definition) is 2. The number of unbranched alkanes of at least 4 members (excludes halogenated alkanes) is 15. The van der Waals surface area contributed by atoms with Gasteiger partial charge >= 0.3 is 11.9 Å². The Balaban J connectivity index is 0. The van der Waals surface area contributed by atoms with Crippen LogP contribution in [0.15, 0.2) is 13.2 Å². The van der Waals surface area contributed by atoms with Gasteiger partial charge in [0.1, 0.15) is 0 Å². The average molecular weight is 371 g/mol. The molecule has 154 valence electrons. The van der Waals surface area contributed by atoms with Crippen molar-refractivity contribution in [2.24, 2.45) is 0 Å². The number of carbonyl (C=O) groups is 2. The molecule has 0 amide bonds. The van der Waals surface area contributed by atoms with Crippen LogP contribution in [0.1, 0.15) is 116 Å². The third-order valence-corrected chi connectivity index (χ3v) is 4.53. The van der Waals surface area contributed by atoms with Gasteiger partial charge in [0.25, 0.3) is 0 Å². The first-order chi connectivity index (χ1) is 12.6. The van der Waals surface area contributed by atoms with Crippen molar-refractivity contribution < 1.29 is 19.8 Å². The molecule has 0 rings (SSSR count). The molecule has 0 aliphatic heterocycles. The molecule has 0 aliphatic rings. The van der Waals surface area contributed by atoms with Gasteiger partial charge in [-0.25, -0.2) is 0 Å². The molecule has 0 atom stereocenters. The van der Waals surface area contributed by atoms with Crippen molar-refractivity contribution in [2.45, 2.75) is 116 Å². The zero-order valence-electron chi connectivity index (χ0n) is 16.9. The van der Waals surface area contributed by atoms with Gasteiger partial charge in [-0.1, -0.05) is 89.9 Å². The highest BCUT2D eigenvalue weighted by Crippen LogP contribution is 2.14. The number of rotatable bonds is 19. The van der Waals surface area contributed by atoms with Gasteiger partial charge in [-0.2, -0.15) is 0 Å². The van der Waals surface area contributed by atoms with Gasteiger partial charge in [0, 0.05) is 12.8 Å². The van der Waals surface area contributed by atoms with Gasteiger partial charge in [-0.3, -0.25) is 9.59 Å². The molecule has 0 unspecified atom stereocenters. The summed E-state index contributed by atoms with van der Waals surface area (Å²) in [7, 11) is 0. The monoisotopic (exact) mass is 370 g/mol. The molecule has 0 aromatic rings. The molecule has 26 heavy (non-hydrogen) atoms. The Bertz CT molecular complexity index is 285. The molecule has 0 radical (unpaired) electrons. The van der Waals surface area contributed by atoms with Crippen molar-refractivity contribution in [3.05, 3.63) is 13.2 Å². The Morgan fingerprint density at radius 2 is 0.577 bits per heavy atom. The van der Waals surface area contributed by atoms with E-state index >= 15 is 0 Å². The van der Waals surface area contributed by atoms with Crippen LogP contribution in [0, 0.1) is 0 Å². The second kappa shape index (κ2) is 23.7. The van der Waals surface area contributed by atoms with Crippen molar-refractivity contribution >= 4 is 11.9 Å². The Kier molecular flexibility index (Phi) is 24.5. The minimum absolute atomic E-state index is 0.322. The van der Waals surface area contributed by atoms with Crippen LogP contribution in [0.25, 0.3) is 0 Å². The first-order valence-corrected chi connectivity index (χ1v) is 10.6. The summed E-state index contributed by atoms with van der Waals surface area (Å²) in [5.41, 5.74) is 0. The third-order valence-electron chi connectivity index (χ3n) is 4.53. The highest BCUT2D eigenvalue weighted by atomic mass is 16.4. The molecule has 0 aromatic heterocycles. The van der Waals surface area contributed by atoms with E-state index in [9.17, 15) is 9.59 Å². The van der Waals surface area contributed by atoms with Gasteiger partial charge in [-0.15, -0.1) is 13.2 Å². The van der Waals surface area contributed by atoms with Crippen molar-refractivity contribution in [3.63, 3.8) is 0 Å². The predicted octanol–water partition coefficient (Wildman–Crippen LogP) is 6.98. The van der Waals surface area contributed by atoms with Crippen LogP contribution < -0.4 is 0 Å². The van der Waals surface area contributed by atoms with E-state index in [2.05, 4.69) is 13.2 Å². The molecule has 0 aliphatic carbocycles. The molecule has 0 spiro atoms. The summed E-state index contributed by atoms with van der Waals surface area (Å²) in [6, 6.07) is 0. The topological polar surface area (TPSA) is 74.6 Å².